The predicted molar refractivity (Wildman–Crippen MR) is 74.6 cm³/mol. The second-order valence-electron chi connectivity index (χ2n) is 5.02. The van der Waals surface area contributed by atoms with Gasteiger partial charge in [-0.1, -0.05) is 29.8 Å². The number of rotatable bonds is 4. The molecular formula is C13H15ClFNO3S. The van der Waals surface area contributed by atoms with Crippen LogP contribution in [0.15, 0.2) is 24.3 Å². The largest absolute Gasteiger partial charge is 0.336 e. The molecule has 2 rings (SSSR count). The number of benzene rings is 1. The standard InChI is InChI=1S/C13H15ClFNO3S/c1-9(11-4-2-3-5-12(11)14)16-7-10(6-13(16)17)8-20(15,18)19/h2-5,9-10H,6-8H2,1H3. The molecule has 2 unspecified atom stereocenters. The van der Waals surface area contributed by atoms with Gasteiger partial charge in [0.05, 0.1) is 11.8 Å². The first-order valence-electron chi connectivity index (χ1n) is 6.24. The zero-order valence-corrected chi connectivity index (χ0v) is 12.5. The summed E-state index contributed by atoms with van der Waals surface area (Å²) in [6, 6.07) is 6.91. The fraction of sp³-hybridized carbons (Fsp3) is 0.462. The minimum atomic E-state index is -4.56. The van der Waals surface area contributed by atoms with Gasteiger partial charge in [0.15, 0.2) is 0 Å². The summed E-state index contributed by atoms with van der Waals surface area (Å²) in [7, 11) is -4.56. The molecule has 0 spiro atoms. The highest BCUT2D eigenvalue weighted by Gasteiger charge is 2.35. The lowest BCUT2D eigenvalue weighted by atomic mass is 10.1. The molecular weight excluding hydrogens is 305 g/mol. The summed E-state index contributed by atoms with van der Waals surface area (Å²) in [5, 5.41) is 0.550. The molecule has 1 aliphatic heterocycles. The molecule has 1 saturated heterocycles. The molecule has 0 N–H and O–H groups in total. The smallest absolute Gasteiger partial charge is 0.302 e. The third-order valence-corrected chi connectivity index (χ3v) is 4.71. The van der Waals surface area contributed by atoms with Crippen LogP contribution >= 0.6 is 11.6 Å². The highest BCUT2D eigenvalue weighted by Crippen LogP contribution is 2.32. The summed E-state index contributed by atoms with van der Waals surface area (Å²) in [5.41, 5.74) is 0.797. The lowest BCUT2D eigenvalue weighted by Gasteiger charge is -2.25. The Bertz CT molecular complexity index is 620. The van der Waals surface area contributed by atoms with Gasteiger partial charge in [0.1, 0.15) is 0 Å². The maximum absolute atomic E-state index is 12.7. The summed E-state index contributed by atoms with van der Waals surface area (Å²) in [6.07, 6.45) is 0.0535. The maximum Gasteiger partial charge on any atom is 0.302 e. The van der Waals surface area contributed by atoms with Gasteiger partial charge < -0.3 is 4.90 Å². The fourth-order valence-corrected chi connectivity index (χ4v) is 3.64. The Morgan fingerprint density at radius 3 is 2.70 bits per heavy atom. The molecule has 20 heavy (non-hydrogen) atoms. The molecule has 110 valence electrons. The zero-order valence-electron chi connectivity index (χ0n) is 10.9. The van der Waals surface area contributed by atoms with Crippen molar-refractivity contribution < 1.29 is 17.1 Å². The summed E-state index contributed by atoms with van der Waals surface area (Å²) < 4.78 is 34.1. The number of likely N-dealkylation sites (tertiary alicyclic amines) is 1. The highest BCUT2D eigenvalue weighted by molar-refractivity contribution is 7.86. The van der Waals surface area contributed by atoms with Crippen molar-refractivity contribution in [3.63, 3.8) is 0 Å². The SMILES string of the molecule is CC(c1ccccc1Cl)N1CC(CS(=O)(=O)F)CC1=O. The van der Waals surface area contributed by atoms with Crippen molar-refractivity contribution in [2.75, 3.05) is 12.3 Å². The van der Waals surface area contributed by atoms with Gasteiger partial charge in [-0.2, -0.15) is 8.42 Å². The second-order valence-corrected chi connectivity index (χ2v) is 6.84. The van der Waals surface area contributed by atoms with Crippen LogP contribution in [0.4, 0.5) is 3.89 Å². The zero-order chi connectivity index (χ0) is 14.9. The third-order valence-electron chi connectivity index (χ3n) is 3.50. The minimum absolute atomic E-state index is 0.0535. The van der Waals surface area contributed by atoms with Crippen LogP contribution < -0.4 is 0 Å². The van der Waals surface area contributed by atoms with E-state index in [1.165, 1.54) is 0 Å². The van der Waals surface area contributed by atoms with Crippen LogP contribution in [-0.2, 0) is 15.0 Å². The number of hydrogen-bond acceptors (Lipinski definition) is 3. The topological polar surface area (TPSA) is 54.5 Å². The van der Waals surface area contributed by atoms with E-state index in [-0.39, 0.29) is 24.9 Å². The van der Waals surface area contributed by atoms with Gasteiger partial charge in [0, 0.05) is 23.9 Å². The Kier molecular flexibility index (Phi) is 4.34. The highest BCUT2D eigenvalue weighted by atomic mass is 35.5. The third kappa shape index (κ3) is 3.49. The second kappa shape index (κ2) is 5.69. The minimum Gasteiger partial charge on any atom is -0.336 e. The Labute approximate surface area is 122 Å². The number of carbonyl (C=O) groups excluding carboxylic acids is 1. The average molecular weight is 320 g/mol. The first-order chi connectivity index (χ1) is 9.28. The van der Waals surface area contributed by atoms with Crippen molar-refractivity contribution in [1.29, 1.82) is 0 Å². The number of nitrogens with zero attached hydrogens (tertiary/aromatic N) is 1. The van der Waals surface area contributed by atoms with Crippen LogP contribution in [0.1, 0.15) is 24.9 Å². The molecule has 1 fully saturated rings. The van der Waals surface area contributed by atoms with Crippen LogP contribution in [-0.4, -0.2) is 31.5 Å². The Morgan fingerprint density at radius 1 is 1.45 bits per heavy atom. The number of halogens is 2. The summed E-state index contributed by atoms with van der Waals surface area (Å²) in [4.78, 5) is 13.5. The van der Waals surface area contributed by atoms with E-state index >= 15 is 0 Å². The molecule has 1 aromatic rings. The lowest BCUT2D eigenvalue weighted by Crippen LogP contribution is -2.29. The fourth-order valence-electron chi connectivity index (χ4n) is 2.56. The van der Waals surface area contributed by atoms with Crippen molar-refractivity contribution >= 4 is 27.7 Å². The van der Waals surface area contributed by atoms with E-state index in [1.54, 1.807) is 17.0 Å². The van der Waals surface area contributed by atoms with Crippen molar-refractivity contribution in [1.82, 2.24) is 4.90 Å². The molecule has 1 aliphatic rings. The molecule has 1 heterocycles. The van der Waals surface area contributed by atoms with Gasteiger partial charge in [-0.25, -0.2) is 0 Å². The predicted octanol–water partition coefficient (Wildman–Crippen LogP) is 2.55. The Balaban J connectivity index is 2.14. The molecule has 0 aliphatic carbocycles. The van der Waals surface area contributed by atoms with Crippen LogP contribution in [0.25, 0.3) is 0 Å². The molecule has 0 radical (unpaired) electrons. The number of amides is 1. The van der Waals surface area contributed by atoms with E-state index in [4.69, 9.17) is 11.6 Å². The van der Waals surface area contributed by atoms with Gasteiger partial charge >= 0.3 is 10.2 Å². The monoisotopic (exact) mass is 319 g/mol. The van der Waals surface area contributed by atoms with Crippen molar-refractivity contribution in [3.8, 4) is 0 Å². The normalized spacial score (nSPS) is 21.2. The molecule has 0 aromatic heterocycles. The average Bonchev–Trinajstić information content (AvgIpc) is 2.67. The van der Waals surface area contributed by atoms with Crippen LogP contribution in [0, 0.1) is 5.92 Å². The van der Waals surface area contributed by atoms with Crippen LogP contribution in [0.2, 0.25) is 5.02 Å². The number of carbonyl (C=O) groups is 1. The van der Waals surface area contributed by atoms with Crippen LogP contribution in [0.3, 0.4) is 0 Å². The van der Waals surface area contributed by atoms with Crippen molar-refractivity contribution in [2.45, 2.75) is 19.4 Å². The molecule has 1 aromatic carbocycles. The van der Waals surface area contributed by atoms with Gasteiger partial charge in [-0.15, -0.1) is 3.89 Å². The van der Waals surface area contributed by atoms with E-state index in [2.05, 4.69) is 0 Å². The Hall–Kier alpha value is -1.14. The van der Waals surface area contributed by atoms with E-state index in [1.807, 2.05) is 19.1 Å². The van der Waals surface area contributed by atoms with Gasteiger partial charge in [0.25, 0.3) is 0 Å². The van der Waals surface area contributed by atoms with Gasteiger partial charge in [0.2, 0.25) is 5.91 Å². The maximum atomic E-state index is 12.7. The van der Waals surface area contributed by atoms with Crippen molar-refractivity contribution in [3.05, 3.63) is 34.9 Å². The number of hydrogen-bond donors (Lipinski definition) is 0. The summed E-state index contributed by atoms with van der Waals surface area (Å²) in [6.45, 7) is 2.06. The van der Waals surface area contributed by atoms with E-state index in [0.29, 0.717) is 5.02 Å². The van der Waals surface area contributed by atoms with E-state index in [9.17, 15) is 17.1 Å². The van der Waals surface area contributed by atoms with E-state index in [0.717, 1.165) is 5.56 Å². The van der Waals surface area contributed by atoms with Crippen LogP contribution in [0.5, 0.6) is 0 Å². The lowest BCUT2D eigenvalue weighted by molar-refractivity contribution is -0.129. The van der Waals surface area contributed by atoms with Gasteiger partial charge in [-0.3, -0.25) is 4.79 Å². The molecule has 7 heteroatoms. The van der Waals surface area contributed by atoms with E-state index < -0.39 is 21.9 Å². The first-order valence-corrected chi connectivity index (χ1v) is 8.17. The molecule has 0 bridgehead atoms. The molecule has 2 atom stereocenters. The summed E-state index contributed by atoms with van der Waals surface area (Å²) >= 11 is 6.09. The quantitative estimate of drug-likeness (QED) is 0.801. The van der Waals surface area contributed by atoms with Gasteiger partial charge in [-0.05, 0) is 18.6 Å². The first kappa shape index (κ1) is 15.3. The molecule has 1 amide bonds. The molecule has 0 saturated carbocycles. The van der Waals surface area contributed by atoms with Crippen molar-refractivity contribution in [2.24, 2.45) is 5.92 Å². The Morgan fingerprint density at radius 2 is 2.10 bits per heavy atom. The summed E-state index contributed by atoms with van der Waals surface area (Å²) in [5.74, 6) is -1.28. The molecule has 4 nitrogen and oxygen atoms in total.